The lowest BCUT2D eigenvalue weighted by Crippen LogP contribution is -2.42. The number of thiazole rings is 1. The number of nitrogens with two attached hydrogens (primary N) is 1. The van der Waals surface area contributed by atoms with Gasteiger partial charge < -0.3 is 11.1 Å². The van der Waals surface area contributed by atoms with Gasteiger partial charge in [0.1, 0.15) is 6.04 Å². The van der Waals surface area contributed by atoms with Gasteiger partial charge in [-0.1, -0.05) is 29.5 Å². The highest BCUT2D eigenvalue weighted by Gasteiger charge is 2.19. The number of nitrogens with one attached hydrogen (secondary N) is 3. The molecule has 9 nitrogen and oxygen atoms in total. The highest BCUT2D eigenvalue weighted by Crippen LogP contribution is 2.32. The molecule has 1 aromatic carbocycles. The van der Waals surface area contributed by atoms with Crippen LogP contribution in [0.1, 0.15) is 33.5 Å². The third-order valence-corrected chi connectivity index (χ3v) is 4.99. The Morgan fingerprint density at radius 3 is 2.57 bits per heavy atom. The fourth-order valence-electron chi connectivity index (χ4n) is 2.35. The van der Waals surface area contributed by atoms with Crippen molar-refractivity contribution < 1.29 is 14.4 Å². The van der Waals surface area contributed by atoms with E-state index in [1.54, 1.807) is 37.3 Å². The molecular weight excluding hydrogens is 380 g/mol. The van der Waals surface area contributed by atoms with E-state index in [-0.39, 0.29) is 11.6 Å². The molecule has 0 aliphatic carbocycles. The second kappa shape index (κ2) is 8.01. The van der Waals surface area contributed by atoms with Gasteiger partial charge in [0, 0.05) is 5.56 Å². The van der Waals surface area contributed by atoms with Crippen molar-refractivity contribution in [2.24, 2.45) is 5.73 Å². The van der Waals surface area contributed by atoms with Crippen molar-refractivity contribution in [2.45, 2.75) is 19.9 Å². The van der Waals surface area contributed by atoms with Gasteiger partial charge in [0.2, 0.25) is 5.91 Å². The van der Waals surface area contributed by atoms with Gasteiger partial charge in [0.05, 0.1) is 16.3 Å². The number of hydrogen-bond acceptors (Lipinski definition) is 6. The second-order valence-electron chi connectivity index (χ2n) is 6.02. The molecule has 5 N–H and O–H groups in total. The third-order valence-electron chi connectivity index (χ3n) is 3.88. The molecule has 0 fully saturated rings. The summed E-state index contributed by atoms with van der Waals surface area (Å²) in [5.41, 5.74) is 7.04. The summed E-state index contributed by atoms with van der Waals surface area (Å²) in [7, 11) is 0. The van der Waals surface area contributed by atoms with E-state index in [1.807, 2.05) is 6.07 Å². The molecule has 3 rings (SSSR count). The molecule has 0 unspecified atom stereocenters. The minimum Gasteiger partial charge on any atom is -0.368 e. The Morgan fingerprint density at radius 1 is 1.18 bits per heavy atom. The summed E-state index contributed by atoms with van der Waals surface area (Å²) < 4.78 is 0. The smallest absolute Gasteiger partial charge is 0.272 e. The zero-order valence-electron chi connectivity index (χ0n) is 15.1. The van der Waals surface area contributed by atoms with Gasteiger partial charge in [-0.15, -0.1) is 0 Å². The summed E-state index contributed by atoms with van der Waals surface area (Å²) in [6, 6.07) is 9.56. The van der Waals surface area contributed by atoms with E-state index in [1.165, 1.54) is 18.3 Å². The van der Waals surface area contributed by atoms with Gasteiger partial charge in [0.25, 0.3) is 11.8 Å². The van der Waals surface area contributed by atoms with Crippen molar-refractivity contribution in [2.75, 3.05) is 5.32 Å². The van der Waals surface area contributed by atoms with Gasteiger partial charge >= 0.3 is 0 Å². The Hall–Kier alpha value is -3.53. The van der Waals surface area contributed by atoms with Gasteiger partial charge in [-0.05, 0) is 32.0 Å². The number of benzene rings is 1. The van der Waals surface area contributed by atoms with Crippen LogP contribution in [0, 0.1) is 6.92 Å². The molecule has 0 saturated heterocycles. The molecule has 0 aliphatic rings. The minimum atomic E-state index is -0.808. The lowest BCUT2D eigenvalue weighted by molar-refractivity contribution is -0.119. The third kappa shape index (κ3) is 4.23. The highest BCUT2D eigenvalue weighted by molar-refractivity contribution is 7.19. The standard InChI is InChI=1S/C18H18N6O3S/c1-9-14(12-8-13(24-23-12)17(27)20-10(2)15(19)25)28-18(21-9)22-16(26)11-6-4-3-5-7-11/h3-8,10H,1-2H3,(H2,19,25)(H,20,27)(H,23,24)(H,21,22,26)/t10-/m0/s1. The number of aryl methyl sites for hydroxylation is 1. The fourth-order valence-corrected chi connectivity index (χ4v) is 3.28. The summed E-state index contributed by atoms with van der Waals surface area (Å²) in [5.74, 6) is -1.42. The lowest BCUT2D eigenvalue weighted by atomic mass is 10.2. The SMILES string of the molecule is Cc1nc(NC(=O)c2ccccc2)sc1-c1cc(C(=O)N[C@@H](C)C(N)=O)n[nH]1. The van der Waals surface area contributed by atoms with Crippen LogP contribution in [0.4, 0.5) is 5.13 Å². The zero-order chi connectivity index (χ0) is 20.3. The number of amides is 3. The summed E-state index contributed by atoms with van der Waals surface area (Å²) in [6.45, 7) is 3.28. The quantitative estimate of drug-likeness (QED) is 0.500. The summed E-state index contributed by atoms with van der Waals surface area (Å²) in [6.07, 6.45) is 0. The lowest BCUT2D eigenvalue weighted by Gasteiger charge is -2.07. The number of carbonyl (C=O) groups is 3. The Bertz CT molecular complexity index is 1030. The van der Waals surface area contributed by atoms with Crippen LogP contribution in [0.2, 0.25) is 0 Å². The first kappa shape index (κ1) is 19.2. The molecule has 2 aromatic heterocycles. The first-order valence-corrected chi connectivity index (χ1v) is 9.16. The largest absolute Gasteiger partial charge is 0.368 e. The van der Waals surface area contributed by atoms with Gasteiger partial charge in [0.15, 0.2) is 10.8 Å². The summed E-state index contributed by atoms with van der Waals surface area (Å²) >= 11 is 1.26. The van der Waals surface area contributed by atoms with Crippen LogP contribution < -0.4 is 16.4 Å². The summed E-state index contributed by atoms with van der Waals surface area (Å²) in [5, 5.41) is 12.4. The van der Waals surface area contributed by atoms with Crippen LogP contribution in [-0.2, 0) is 4.79 Å². The fraction of sp³-hybridized carbons (Fsp3) is 0.167. The molecule has 10 heteroatoms. The maximum Gasteiger partial charge on any atom is 0.272 e. The molecule has 3 amide bonds. The van der Waals surface area contributed by atoms with Crippen molar-refractivity contribution in [1.29, 1.82) is 0 Å². The predicted molar refractivity (Wildman–Crippen MR) is 105 cm³/mol. The van der Waals surface area contributed by atoms with Crippen molar-refractivity contribution >= 4 is 34.2 Å². The number of hydrogen-bond donors (Lipinski definition) is 4. The van der Waals surface area contributed by atoms with E-state index in [2.05, 4.69) is 25.8 Å². The number of H-pyrrole nitrogens is 1. The van der Waals surface area contributed by atoms with Crippen LogP contribution in [0.3, 0.4) is 0 Å². The Kier molecular flexibility index (Phi) is 5.50. The molecule has 3 aromatic rings. The Balaban J connectivity index is 1.75. The maximum absolute atomic E-state index is 12.3. The molecule has 0 spiro atoms. The molecular formula is C18H18N6O3S. The number of nitrogens with zero attached hydrogens (tertiary/aromatic N) is 2. The van der Waals surface area contributed by atoms with E-state index < -0.39 is 17.9 Å². The first-order valence-electron chi connectivity index (χ1n) is 8.35. The average Bonchev–Trinajstić information content (AvgIpc) is 3.29. The van der Waals surface area contributed by atoms with Crippen molar-refractivity contribution in [3.63, 3.8) is 0 Å². The van der Waals surface area contributed by atoms with Crippen LogP contribution in [-0.4, -0.2) is 38.9 Å². The van der Waals surface area contributed by atoms with Gasteiger partial charge in [-0.25, -0.2) is 4.98 Å². The molecule has 0 saturated carbocycles. The Labute approximate surface area is 164 Å². The highest BCUT2D eigenvalue weighted by atomic mass is 32.1. The van der Waals surface area contributed by atoms with Crippen LogP contribution in [0.15, 0.2) is 36.4 Å². The number of primary amides is 1. The summed E-state index contributed by atoms with van der Waals surface area (Å²) in [4.78, 5) is 40.6. The maximum atomic E-state index is 12.3. The molecule has 144 valence electrons. The van der Waals surface area contributed by atoms with Crippen LogP contribution >= 0.6 is 11.3 Å². The minimum absolute atomic E-state index is 0.116. The van der Waals surface area contributed by atoms with Crippen LogP contribution in [0.25, 0.3) is 10.6 Å². The number of aromatic amines is 1. The normalized spacial score (nSPS) is 11.6. The number of rotatable bonds is 6. The van der Waals surface area contributed by atoms with Crippen LogP contribution in [0.5, 0.6) is 0 Å². The molecule has 0 aliphatic heterocycles. The van der Waals surface area contributed by atoms with Gasteiger partial charge in [-0.3, -0.25) is 24.8 Å². The van der Waals surface area contributed by atoms with Crippen molar-refractivity contribution in [3.05, 3.63) is 53.3 Å². The monoisotopic (exact) mass is 398 g/mol. The molecule has 1 atom stereocenters. The van der Waals surface area contributed by atoms with E-state index in [4.69, 9.17) is 5.73 Å². The van der Waals surface area contributed by atoms with Gasteiger partial charge in [-0.2, -0.15) is 5.10 Å². The van der Waals surface area contributed by atoms with Crippen molar-refractivity contribution in [1.82, 2.24) is 20.5 Å². The second-order valence-corrected chi connectivity index (χ2v) is 7.02. The molecule has 0 radical (unpaired) electrons. The van der Waals surface area contributed by atoms with E-state index in [0.29, 0.717) is 22.1 Å². The molecule has 28 heavy (non-hydrogen) atoms. The number of anilines is 1. The molecule has 0 bridgehead atoms. The van der Waals surface area contributed by atoms with E-state index in [0.717, 1.165) is 4.88 Å². The molecule has 2 heterocycles. The zero-order valence-corrected chi connectivity index (χ0v) is 16.0. The Morgan fingerprint density at radius 2 is 1.89 bits per heavy atom. The number of carbonyl (C=O) groups excluding carboxylic acids is 3. The first-order chi connectivity index (χ1) is 13.3. The van der Waals surface area contributed by atoms with E-state index >= 15 is 0 Å². The predicted octanol–water partition coefficient (Wildman–Crippen LogP) is 1.70. The van der Waals surface area contributed by atoms with Crippen molar-refractivity contribution in [3.8, 4) is 10.6 Å². The average molecular weight is 398 g/mol. The van der Waals surface area contributed by atoms with E-state index in [9.17, 15) is 14.4 Å². The number of aromatic nitrogens is 3. The topological polar surface area (TPSA) is 143 Å².